The van der Waals surface area contributed by atoms with Gasteiger partial charge in [0, 0.05) is 38.2 Å². The SMILES string of the molecule is CN(Cc1ccc(F)cc1F)C(=O)CCCN1C(=O)NC2(CCCC2)C1=O. The molecular weight excluding hydrogens is 356 g/mol. The van der Waals surface area contributed by atoms with Crippen molar-refractivity contribution >= 4 is 17.8 Å². The van der Waals surface area contributed by atoms with Crippen molar-refractivity contribution in [3.05, 3.63) is 35.4 Å². The number of nitrogens with one attached hydrogen (secondary N) is 1. The third kappa shape index (κ3) is 3.94. The predicted molar refractivity (Wildman–Crippen MR) is 93.5 cm³/mol. The number of hydrogen-bond donors (Lipinski definition) is 1. The lowest BCUT2D eigenvalue weighted by Gasteiger charge is -2.20. The molecule has 2 aliphatic rings. The Morgan fingerprint density at radius 1 is 1.26 bits per heavy atom. The van der Waals surface area contributed by atoms with Crippen LogP contribution in [0.5, 0.6) is 0 Å². The van der Waals surface area contributed by atoms with E-state index in [0.29, 0.717) is 19.3 Å². The van der Waals surface area contributed by atoms with Gasteiger partial charge in [-0.2, -0.15) is 0 Å². The second kappa shape index (κ2) is 7.62. The van der Waals surface area contributed by atoms with E-state index in [-0.39, 0.29) is 36.9 Å². The molecule has 2 fully saturated rings. The Morgan fingerprint density at radius 3 is 2.63 bits per heavy atom. The number of hydrogen-bond acceptors (Lipinski definition) is 3. The molecular formula is C19H23F2N3O3. The molecule has 1 aliphatic carbocycles. The third-order valence-electron chi connectivity index (χ3n) is 5.32. The summed E-state index contributed by atoms with van der Waals surface area (Å²) in [6.45, 7) is 0.202. The molecule has 1 spiro atoms. The van der Waals surface area contributed by atoms with Crippen molar-refractivity contribution in [2.45, 2.75) is 50.6 Å². The summed E-state index contributed by atoms with van der Waals surface area (Å²) in [6.07, 6.45) is 3.64. The van der Waals surface area contributed by atoms with Crippen LogP contribution in [0.3, 0.4) is 0 Å². The van der Waals surface area contributed by atoms with Gasteiger partial charge in [-0.1, -0.05) is 18.9 Å². The first-order valence-corrected chi connectivity index (χ1v) is 9.14. The van der Waals surface area contributed by atoms with Gasteiger partial charge in [0.25, 0.3) is 5.91 Å². The molecule has 8 heteroatoms. The molecule has 0 atom stereocenters. The molecule has 146 valence electrons. The van der Waals surface area contributed by atoms with Crippen molar-refractivity contribution in [1.29, 1.82) is 0 Å². The summed E-state index contributed by atoms with van der Waals surface area (Å²) in [4.78, 5) is 39.4. The fourth-order valence-electron chi connectivity index (χ4n) is 3.77. The number of nitrogens with zero attached hydrogens (tertiary/aromatic N) is 2. The van der Waals surface area contributed by atoms with E-state index in [1.165, 1.54) is 22.9 Å². The standard InChI is InChI=1S/C19H23F2N3O3/c1-23(12-13-6-7-14(20)11-15(13)21)16(25)5-4-10-24-17(26)19(22-18(24)27)8-2-3-9-19/h6-7,11H,2-5,8-10,12H2,1H3,(H,22,27). The van der Waals surface area contributed by atoms with E-state index >= 15 is 0 Å². The average Bonchev–Trinajstić information content (AvgIpc) is 3.17. The molecule has 3 rings (SSSR count). The zero-order chi connectivity index (χ0) is 19.6. The predicted octanol–water partition coefficient (Wildman–Crippen LogP) is 2.57. The van der Waals surface area contributed by atoms with Crippen molar-refractivity contribution in [3.63, 3.8) is 0 Å². The van der Waals surface area contributed by atoms with Crippen molar-refractivity contribution in [1.82, 2.24) is 15.1 Å². The molecule has 1 saturated carbocycles. The Hall–Kier alpha value is -2.51. The number of carbonyl (C=O) groups excluding carboxylic acids is 3. The zero-order valence-corrected chi connectivity index (χ0v) is 15.3. The van der Waals surface area contributed by atoms with E-state index in [0.717, 1.165) is 25.0 Å². The highest BCUT2D eigenvalue weighted by Crippen LogP contribution is 2.35. The maximum atomic E-state index is 13.7. The number of halogens is 2. The summed E-state index contributed by atoms with van der Waals surface area (Å²) < 4.78 is 26.6. The Morgan fingerprint density at radius 2 is 1.96 bits per heavy atom. The van der Waals surface area contributed by atoms with Gasteiger partial charge < -0.3 is 10.2 Å². The molecule has 27 heavy (non-hydrogen) atoms. The lowest BCUT2D eigenvalue weighted by Crippen LogP contribution is -2.44. The molecule has 1 aromatic carbocycles. The first kappa shape index (κ1) is 19.3. The highest BCUT2D eigenvalue weighted by molar-refractivity contribution is 6.07. The van der Waals surface area contributed by atoms with Crippen molar-refractivity contribution in [3.8, 4) is 0 Å². The average molecular weight is 379 g/mol. The van der Waals surface area contributed by atoms with Crippen LogP contribution < -0.4 is 5.32 Å². The van der Waals surface area contributed by atoms with Crippen LogP contribution >= 0.6 is 0 Å². The van der Waals surface area contributed by atoms with Gasteiger partial charge >= 0.3 is 6.03 Å². The first-order chi connectivity index (χ1) is 12.8. The molecule has 1 N–H and O–H groups in total. The van der Waals surface area contributed by atoms with Crippen molar-refractivity contribution in [2.75, 3.05) is 13.6 Å². The lowest BCUT2D eigenvalue weighted by atomic mass is 9.98. The topological polar surface area (TPSA) is 69.7 Å². The van der Waals surface area contributed by atoms with E-state index < -0.39 is 23.2 Å². The molecule has 4 amide bonds. The van der Waals surface area contributed by atoms with Crippen LogP contribution in [0.2, 0.25) is 0 Å². The summed E-state index contributed by atoms with van der Waals surface area (Å²) in [5, 5.41) is 2.80. The summed E-state index contributed by atoms with van der Waals surface area (Å²) in [6, 6.07) is 2.84. The monoisotopic (exact) mass is 379 g/mol. The summed E-state index contributed by atoms with van der Waals surface area (Å²) in [5.74, 6) is -1.80. The van der Waals surface area contributed by atoms with Gasteiger partial charge in [-0.15, -0.1) is 0 Å². The van der Waals surface area contributed by atoms with E-state index in [4.69, 9.17) is 0 Å². The Kier molecular flexibility index (Phi) is 5.43. The van der Waals surface area contributed by atoms with Gasteiger partial charge in [0.1, 0.15) is 17.2 Å². The lowest BCUT2D eigenvalue weighted by molar-refractivity contribution is -0.133. The molecule has 1 heterocycles. The van der Waals surface area contributed by atoms with E-state index in [2.05, 4.69) is 5.32 Å². The van der Waals surface area contributed by atoms with Crippen LogP contribution in [0, 0.1) is 11.6 Å². The van der Waals surface area contributed by atoms with Crippen LogP contribution in [-0.4, -0.2) is 46.8 Å². The van der Waals surface area contributed by atoms with Gasteiger partial charge in [0.15, 0.2) is 0 Å². The minimum Gasteiger partial charge on any atom is -0.341 e. The third-order valence-corrected chi connectivity index (χ3v) is 5.32. The Labute approximate surface area is 156 Å². The Bertz CT molecular complexity index is 763. The minimum absolute atomic E-state index is 0.0250. The summed E-state index contributed by atoms with van der Waals surface area (Å²) >= 11 is 0. The zero-order valence-electron chi connectivity index (χ0n) is 15.3. The number of rotatable bonds is 6. The Balaban J connectivity index is 1.49. The van der Waals surface area contributed by atoms with Crippen LogP contribution in [0.15, 0.2) is 18.2 Å². The minimum atomic E-state index is -0.738. The fourth-order valence-corrected chi connectivity index (χ4v) is 3.77. The van der Waals surface area contributed by atoms with E-state index in [9.17, 15) is 23.2 Å². The molecule has 1 aliphatic heterocycles. The van der Waals surface area contributed by atoms with Gasteiger partial charge in [0.05, 0.1) is 0 Å². The van der Waals surface area contributed by atoms with Crippen molar-refractivity contribution < 1.29 is 23.2 Å². The molecule has 6 nitrogen and oxygen atoms in total. The quantitative estimate of drug-likeness (QED) is 0.773. The highest BCUT2D eigenvalue weighted by atomic mass is 19.1. The van der Waals surface area contributed by atoms with Crippen molar-refractivity contribution in [2.24, 2.45) is 0 Å². The van der Waals surface area contributed by atoms with Gasteiger partial charge in [-0.25, -0.2) is 13.6 Å². The van der Waals surface area contributed by atoms with Crippen LogP contribution in [-0.2, 0) is 16.1 Å². The van der Waals surface area contributed by atoms with Gasteiger partial charge in [0.2, 0.25) is 5.91 Å². The number of benzene rings is 1. The molecule has 1 saturated heterocycles. The van der Waals surface area contributed by atoms with Crippen LogP contribution in [0.4, 0.5) is 13.6 Å². The normalized spacial score (nSPS) is 18.3. The summed E-state index contributed by atoms with van der Waals surface area (Å²) in [5.41, 5.74) is -0.512. The number of urea groups is 1. The molecule has 0 bridgehead atoms. The molecule has 0 aromatic heterocycles. The smallest absolute Gasteiger partial charge is 0.325 e. The van der Waals surface area contributed by atoms with Gasteiger partial charge in [-0.05, 0) is 25.3 Å². The number of amides is 4. The number of imide groups is 1. The largest absolute Gasteiger partial charge is 0.341 e. The fraction of sp³-hybridized carbons (Fsp3) is 0.526. The maximum Gasteiger partial charge on any atom is 0.325 e. The van der Waals surface area contributed by atoms with Gasteiger partial charge in [-0.3, -0.25) is 14.5 Å². The summed E-state index contributed by atoms with van der Waals surface area (Å²) in [7, 11) is 1.53. The molecule has 0 radical (unpaired) electrons. The number of carbonyl (C=O) groups is 3. The van der Waals surface area contributed by atoms with E-state index in [1.54, 1.807) is 0 Å². The molecule has 0 unspecified atom stereocenters. The maximum absolute atomic E-state index is 13.7. The second-order valence-electron chi connectivity index (χ2n) is 7.27. The second-order valence-corrected chi connectivity index (χ2v) is 7.27. The first-order valence-electron chi connectivity index (χ1n) is 9.14. The highest BCUT2D eigenvalue weighted by Gasteiger charge is 2.52. The van der Waals surface area contributed by atoms with Crippen LogP contribution in [0.25, 0.3) is 0 Å². The van der Waals surface area contributed by atoms with Crippen LogP contribution in [0.1, 0.15) is 44.1 Å². The van der Waals surface area contributed by atoms with E-state index in [1.807, 2.05) is 0 Å². The molecule has 1 aromatic rings.